The van der Waals surface area contributed by atoms with Crippen molar-refractivity contribution in [3.63, 3.8) is 0 Å². The molecule has 0 aliphatic rings. The average molecular weight is 337 g/mol. The lowest BCUT2D eigenvalue weighted by molar-refractivity contribution is 0.0945. The van der Waals surface area contributed by atoms with Crippen LogP contribution in [0.4, 0.5) is 5.69 Å². The van der Waals surface area contributed by atoms with Gasteiger partial charge in [-0.25, -0.2) is 0 Å². The van der Waals surface area contributed by atoms with Gasteiger partial charge in [-0.1, -0.05) is 24.6 Å². The van der Waals surface area contributed by atoms with Gasteiger partial charge in [0.05, 0.1) is 12.3 Å². The highest BCUT2D eigenvalue weighted by Gasteiger charge is 2.13. The summed E-state index contributed by atoms with van der Waals surface area (Å²) in [5, 5.41) is 19.7. The van der Waals surface area contributed by atoms with Crippen LogP contribution in [-0.2, 0) is 20.0 Å². The molecule has 0 bridgehead atoms. The maximum Gasteiger partial charge on any atom is 0.251 e. The first-order valence-electron chi connectivity index (χ1n) is 7.50. The van der Waals surface area contributed by atoms with Gasteiger partial charge in [0.25, 0.3) is 5.91 Å². The molecule has 7 heteroatoms. The molecule has 0 aliphatic heterocycles. The first kappa shape index (κ1) is 17.3. The fourth-order valence-electron chi connectivity index (χ4n) is 2.29. The van der Waals surface area contributed by atoms with E-state index in [9.17, 15) is 4.79 Å². The fraction of sp³-hybridized carbons (Fsp3) is 0.375. The number of aromatic nitrogens is 2. The van der Waals surface area contributed by atoms with E-state index in [4.69, 9.17) is 16.7 Å². The summed E-state index contributed by atoms with van der Waals surface area (Å²) in [6.07, 6.45) is 0.807. The van der Waals surface area contributed by atoms with E-state index in [1.165, 1.54) is 0 Å². The molecule has 23 heavy (non-hydrogen) atoms. The summed E-state index contributed by atoms with van der Waals surface area (Å²) in [6.45, 7) is 2.73. The van der Waals surface area contributed by atoms with Crippen LogP contribution in [0.2, 0.25) is 5.15 Å². The van der Waals surface area contributed by atoms with Crippen molar-refractivity contribution in [3.05, 3.63) is 46.2 Å². The number of nitrogens with zero attached hydrogens (tertiary/aromatic N) is 2. The zero-order valence-electron chi connectivity index (χ0n) is 13.3. The van der Waals surface area contributed by atoms with Gasteiger partial charge in [-0.2, -0.15) is 5.10 Å². The highest BCUT2D eigenvalue weighted by molar-refractivity contribution is 6.30. The number of carbonyl (C=O) groups excluding carboxylic acids is 1. The Labute approximate surface area is 140 Å². The van der Waals surface area contributed by atoms with Gasteiger partial charge >= 0.3 is 0 Å². The molecule has 124 valence electrons. The summed E-state index contributed by atoms with van der Waals surface area (Å²) >= 11 is 6.27. The van der Waals surface area contributed by atoms with Crippen LogP contribution < -0.4 is 10.6 Å². The molecule has 1 aromatic carbocycles. The number of benzene rings is 1. The Bertz CT molecular complexity index is 685. The van der Waals surface area contributed by atoms with E-state index in [1.807, 2.05) is 26.1 Å². The summed E-state index contributed by atoms with van der Waals surface area (Å²) in [6, 6.07) is 7.19. The van der Waals surface area contributed by atoms with Crippen molar-refractivity contribution in [1.82, 2.24) is 15.1 Å². The Morgan fingerprint density at radius 2 is 2.22 bits per heavy atom. The molecule has 0 saturated carbocycles. The average Bonchev–Trinajstić information content (AvgIpc) is 2.85. The molecule has 1 amide bonds. The van der Waals surface area contributed by atoms with Crippen LogP contribution >= 0.6 is 11.6 Å². The number of amides is 1. The molecular weight excluding hydrogens is 316 g/mol. The zero-order chi connectivity index (χ0) is 16.8. The van der Waals surface area contributed by atoms with E-state index in [0.29, 0.717) is 17.3 Å². The lowest BCUT2D eigenvalue weighted by Gasteiger charge is -2.09. The van der Waals surface area contributed by atoms with E-state index >= 15 is 0 Å². The third kappa shape index (κ3) is 4.24. The fourth-order valence-corrected chi connectivity index (χ4v) is 2.50. The minimum absolute atomic E-state index is 0.0804. The molecule has 0 radical (unpaired) electrons. The van der Waals surface area contributed by atoms with Crippen molar-refractivity contribution in [2.75, 3.05) is 18.5 Å². The van der Waals surface area contributed by atoms with Gasteiger partial charge in [-0.15, -0.1) is 0 Å². The van der Waals surface area contributed by atoms with E-state index in [2.05, 4.69) is 15.7 Å². The largest absolute Gasteiger partial charge is 0.395 e. The van der Waals surface area contributed by atoms with Crippen LogP contribution in [-0.4, -0.2) is 33.9 Å². The van der Waals surface area contributed by atoms with Gasteiger partial charge in [-0.05, 0) is 24.6 Å². The van der Waals surface area contributed by atoms with Crippen LogP contribution in [0.5, 0.6) is 0 Å². The molecule has 6 nitrogen and oxygen atoms in total. The number of aliphatic hydroxyl groups excluding tert-OH is 1. The number of hydrogen-bond acceptors (Lipinski definition) is 4. The second kappa shape index (κ2) is 7.99. The highest BCUT2D eigenvalue weighted by Crippen LogP contribution is 2.21. The minimum atomic E-state index is -0.212. The number of nitrogens with one attached hydrogen (secondary N) is 2. The van der Waals surface area contributed by atoms with E-state index in [-0.39, 0.29) is 19.1 Å². The normalized spacial score (nSPS) is 10.6. The lowest BCUT2D eigenvalue weighted by Crippen LogP contribution is -2.26. The molecule has 0 fully saturated rings. The minimum Gasteiger partial charge on any atom is -0.395 e. The molecule has 2 rings (SSSR count). The van der Waals surface area contributed by atoms with Crippen molar-refractivity contribution < 1.29 is 9.90 Å². The van der Waals surface area contributed by atoms with Gasteiger partial charge in [0.2, 0.25) is 0 Å². The smallest absolute Gasteiger partial charge is 0.251 e. The standard InChI is InChI=1S/C16H21ClN4O2/c1-3-14-13(15(17)21(2)20-14)10-19-12-6-4-5-11(9-12)16(23)18-7-8-22/h4-6,9,19,22H,3,7-8,10H2,1-2H3,(H,18,23). The molecule has 1 aromatic heterocycles. The number of carbonyl (C=O) groups is 1. The van der Waals surface area contributed by atoms with Crippen molar-refractivity contribution in [2.45, 2.75) is 19.9 Å². The topological polar surface area (TPSA) is 79.2 Å². The maximum absolute atomic E-state index is 11.9. The van der Waals surface area contributed by atoms with Gasteiger partial charge in [0.15, 0.2) is 0 Å². The lowest BCUT2D eigenvalue weighted by atomic mass is 10.1. The summed E-state index contributed by atoms with van der Waals surface area (Å²) in [4.78, 5) is 11.9. The molecule has 2 aromatic rings. The van der Waals surface area contributed by atoms with E-state index in [0.717, 1.165) is 23.4 Å². The molecule has 0 aliphatic carbocycles. The molecule has 0 saturated heterocycles. The first-order valence-corrected chi connectivity index (χ1v) is 7.87. The van der Waals surface area contributed by atoms with Crippen LogP contribution in [0.15, 0.2) is 24.3 Å². The molecule has 0 spiro atoms. The van der Waals surface area contributed by atoms with Crippen molar-refractivity contribution in [3.8, 4) is 0 Å². The van der Waals surface area contributed by atoms with Gasteiger partial charge < -0.3 is 15.7 Å². The monoisotopic (exact) mass is 336 g/mol. The summed E-state index contributed by atoms with van der Waals surface area (Å²) in [7, 11) is 1.82. The van der Waals surface area contributed by atoms with E-state index in [1.54, 1.807) is 16.8 Å². The first-order chi connectivity index (χ1) is 11.1. The zero-order valence-corrected chi connectivity index (χ0v) is 14.0. The predicted octanol–water partition coefficient (Wildman–Crippen LogP) is 1.97. The number of aryl methyl sites for hydroxylation is 2. The second-order valence-corrected chi connectivity index (χ2v) is 5.47. The van der Waals surface area contributed by atoms with Crippen molar-refractivity contribution >= 4 is 23.2 Å². The Balaban J connectivity index is 2.08. The predicted molar refractivity (Wildman–Crippen MR) is 90.8 cm³/mol. The van der Waals surface area contributed by atoms with Crippen molar-refractivity contribution in [2.24, 2.45) is 7.05 Å². The summed E-state index contributed by atoms with van der Waals surface area (Å²) < 4.78 is 1.66. The summed E-state index contributed by atoms with van der Waals surface area (Å²) in [5.41, 5.74) is 3.29. The number of aliphatic hydroxyl groups is 1. The third-order valence-corrected chi connectivity index (χ3v) is 3.95. The van der Waals surface area contributed by atoms with Crippen molar-refractivity contribution in [1.29, 1.82) is 0 Å². The van der Waals surface area contributed by atoms with Gasteiger partial charge in [0.1, 0.15) is 5.15 Å². The Morgan fingerprint density at radius 1 is 1.43 bits per heavy atom. The van der Waals surface area contributed by atoms with Gasteiger partial charge in [-0.3, -0.25) is 9.48 Å². The van der Waals surface area contributed by atoms with Crippen LogP contribution in [0.25, 0.3) is 0 Å². The quantitative estimate of drug-likeness (QED) is 0.722. The van der Waals surface area contributed by atoms with E-state index < -0.39 is 0 Å². The number of rotatable bonds is 7. The number of anilines is 1. The number of hydrogen-bond donors (Lipinski definition) is 3. The molecule has 1 heterocycles. The Morgan fingerprint density at radius 3 is 2.91 bits per heavy atom. The number of halogens is 1. The molecule has 3 N–H and O–H groups in total. The molecule has 0 atom stereocenters. The van der Waals surface area contributed by atoms with Gasteiger partial charge in [0, 0.05) is 37.0 Å². The third-order valence-electron chi connectivity index (χ3n) is 3.48. The second-order valence-electron chi connectivity index (χ2n) is 5.11. The van der Waals surface area contributed by atoms with Crippen LogP contribution in [0.1, 0.15) is 28.5 Å². The highest BCUT2D eigenvalue weighted by atomic mass is 35.5. The van der Waals surface area contributed by atoms with Crippen LogP contribution in [0.3, 0.4) is 0 Å². The van der Waals surface area contributed by atoms with Crippen LogP contribution in [0, 0.1) is 0 Å². The molecule has 0 unspecified atom stereocenters. The molecular formula is C16H21ClN4O2. The Kier molecular flexibility index (Phi) is 6.01. The maximum atomic E-state index is 11.9. The summed E-state index contributed by atoms with van der Waals surface area (Å²) in [5.74, 6) is -0.212. The Hall–Kier alpha value is -2.05. The SMILES string of the molecule is CCc1nn(C)c(Cl)c1CNc1cccc(C(=O)NCCO)c1.